The van der Waals surface area contributed by atoms with Crippen LogP contribution in [0.1, 0.15) is 34.6 Å². The first-order valence-corrected chi connectivity index (χ1v) is 10.8. The first-order chi connectivity index (χ1) is 17.0. The van der Waals surface area contributed by atoms with Crippen molar-refractivity contribution in [3.63, 3.8) is 0 Å². The van der Waals surface area contributed by atoms with Crippen molar-refractivity contribution >= 4 is 11.9 Å². The van der Waals surface area contributed by atoms with Gasteiger partial charge in [-0.25, -0.2) is 0 Å². The van der Waals surface area contributed by atoms with Gasteiger partial charge in [-0.15, -0.1) is 0 Å². The predicted octanol–water partition coefficient (Wildman–Crippen LogP) is 1.45. The Labute approximate surface area is 228 Å². The molecule has 37 heavy (non-hydrogen) atoms. The zero-order valence-electron chi connectivity index (χ0n) is 21.0. The van der Waals surface area contributed by atoms with Crippen molar-refractivity contribution in [3.8, 4) is 23.0 Å². The summed E-state index contributed by atoms with van der Waals surface area (Å²) in [5, 5.41) is 40.5. The molecule has 0 radical (unpaired) electrons. The van der Waals surface area contributed by atoms with E-state index in [1.807, 2.05) is 13.8 Å². The Bertz CT molecular complexity index is 968. The van der Waals surface area contributed by atoms with Crippen LogP contribution in [0.25, 0.3) is 0 Å². The molecule has 2 aromatic rings. The van der Waals surface area contributed by atoms with Crippen LogP contribution < -0.4 is 19.7 Å². The zero-order valence-corrected chi connectivity index (χ0v) is 24.0. The average molecular weight is 568 g/mol. The fourth-order valence-electron chi connectivity index (χ4n) is 2.52. The average Bonchev–Trinajstić information content (AvgIpc) is 2.80. The van der Waals surface area contributed by atoms with E-state index in [4.69, 9.17) is 18.9 Å². The van der Waals surface area contributed by atoms with Gasteiger partial charge in [0.1, 0.15) is 13.2 Å². The van der Waals surface area contributed by atoms with Gasteiger partial charge in [0.25, 0.3) is 0 Å². The molecule has 0 aliphatic carbocycles. The number of aromatic carboxylic acids is 2. The van der Waals surface area contributed by atoms with Gasteiger partial charge in [-0.2, -0.15) is 0 Å². The van der Waals surface area contributed by atoms with E-state index < -0.39 is 23.4 Å². The van der Waals surface area contributed by atoms with E-state index >= 15 is 0 Å². The zero-order chi connectivity index (χ0) is 27.1. The van der Waals surface area contributed by atoms with Gasteiger partial charge in [-0.1, -0.05) is 36.4 Å². The number of para-hydroxylation sites is 2. The summed E-state index contributed by atoms with van der Waals surface area (Å²) in [4.78, 5) is 21.3. The second-order valence-electron chi connectivity index (χ2n) is 7.60. The molecular weight excluding hydrogens is 538 g/mol. The van der Waals surface area contributed by atoms with E-state index in [0.717, 1.165) is 11.1 Å². The molecular formula is C26H30O10Zn. The number of carbonyl (C=O) groups is 2. The van der Waals surface area contributed by atoms with Crippen molar-refractivity contribution in [1.82, 2.24) is 0 Å². The smallest absolute Gasteiger partial charge is 0.545 e. The molecule has 10 nitrogen and oxygen atoms in total. The number of hydrogen-bond acceptors (Lipinski definition) is 10. The quantitative estimate of drug-likeness (QED) is 0.194. The summed E-state index contributed by atoms with van der Waals surface area (Å²) in [5.41, 5.74) is 1.21. The van der Waals surface area contributed by atoms with Crippen molar-refractivity contribution in [1.29, 1.82) is 0 Å². The monoisotopic (exact) mass is 566 g/mol. The number of carboxylic acid groups (broad SMARTS) is 2. The number of phenols is 2. The minimum absolute atomic E-state index is 0. The standard InChI is InChI=1S/2C13H16O5.Zn/c2*1-9(2)8-17-6-7-18-11-5-3-4-10(12(11)14)13(15)16;/h2*3-5,14H,1,6-8H2,2H3,(H,15,16);/q;;+2/p-2. The maximum atomic E-state index is 10.7. The predicted molar refractivity (Wildman–Crippen MR) is 127 cm³/mol. The van der Waals surface area contributed by atoms with Gasteiger partial charge in [0.05, 0.1) is 38.4 Å². The summed E-state index contributed by atoms with van der Waals surface area (Å²) >= 11 is 0. The van der Waals surface area contributed by atoms with E-state index in [-0.39, 0.29) is 55.3 Å². The number of carbonyl (C=O) groups excluding carboxylic acids is 2. The molecule has 196 valence electrons. The maximum Gasteiger partial charge on any atom is 2.00 e. The van der Waals surface area contributed by atoms with E-state index in [0.29, 0.717) is 26.4 Å². The summed E-state index contributed by atoms with van der Waals surface area (Å²) in [5.74, 6) is -3.57. The van der Waals surface area contributed by atoms with Crippen molar-refractivity contribution in [2.45, 2.75) is 13.8 Å². The largest absolute Gasteiger partial charge is 2.00 e. The summed E-state index contributed by atoms with van der Waals surface area (Å²) in [7, 11) is 0. The minimum atomic E-state index is -1.45. The molecule has 0 aliphatic heterocycles. The minimum Gasteiger partial charge on any atom is -0.545 e. The third kappa shape index (κ3) is 12.9. The number of rotatable bonds is 14. The SMILES string of the molecule is C=C(C)COCCOc1cccc(C(=O)[O-])c1O.C=C(C)COCCOc1cccc(C(=O)[O-])c1O.[Zn+2]. The molecule has 0 aliphatic rings. The fourth-order valence-corrected chi connectivity index (χ4v) is 2.52. The molecule has 0 spiro atoms. The fraction of sp³-hybridized carbons (Fsp3) is 0.308. The molecule has 0 unspecified atom stereocenters. The van der Waals surface area contributed by atoms with Crippen molar-refractivity contribution in [2.75, 3.05) is 39.6 Å². The molecule has 0 atom stereocenters. The van der Waals surface area contributed by atoms with Crippen LogP contribution >= 0.6 is 0 Å². The summed E-state index contributed by atoms with van der Waals surface area (Å²) in [6, 6.07) is 8.37. The Morgan fingerprint density at radius 2 is 1.08 bits per heavy atom. The Balaban J connectivity index is 0.000000682. The molecule has 0 heterocycles. The van der Waals surface area contributed by atoms with Crippen LogP contribution in [0.5, 0.6) is 23.0 Å². The van der Waals surface area contributed by atoms with Crippen molar-refractivity contribution in [3.05, 3.63) is 71.8 Å². The Morgan fingerprint density at radius 1 is 0.730 bits per heavy atom. The van der Waals surface area contributed by atoms with Crippen LogP contribution in [0.2, 0.25) is 0 Å². The molecule has 2 rings (SSSR count). The Morgan fingerprint density at radius 3 is 1.38 bits per heavy atom. The van der Waals surface area contributed by atoms with Gasteiger partial charge in [0, 0.05) is 11.1 Å². The van der Waals surface area contributed by atoms with E-state index in [2.05, 4.69) is 13.2 Å². The van der Waals surface area contributed by atoms with Gasteiger partial charge in [-0.05, 0) is 38.1 Å². The number of ether oxygens (including phenoxy) is 4. The number of benzene rings is 2. The molecule has 2 N–H and O–H groups in total. The van der Waals surface area contributed by atoms with Crippen LogP contribution in [-0.2, 0) is 29.0 Å². The maximum absolute atomic E-state index is 10.7. The first kappa shape index (κ1) is 33.6. The third-order valence-electron chi connectivity index (χ3n) is 4.11. The van der Waals surface area contributed by atoms with Crippen LogP contribution in [0.3, 0.4) is 0 Å². The topological polar surface area (TPSA) is 158 Å². The van der Waals surface area contributed by atoms with Gasteiger partial charge in [0.2, 0.25) is 0 Å². The second-order valence-corrected chi connectivity index (χ2v) is 7.60. The Hall–Kier alpha value is -3.40. The van der Waals surface area contributed by atoms with E-state index in [1.54, 1.807) is 0 Å². The van der Waals surface area contributed by atoms with Gasteiger partial charge in [0.15, 0.2) is 23.0 Å². The molecule has 0 amide bonds. The van der Waals surface area contributed by atoms with Gasteiger partial charge >= 0.3 is 19.5 Å². The van der Waals surface area contributed by atoms with Crippen LogP contribution in [-0.4, -0.2) is 61.8 Å². The number of carboxylic acids is 2. The normalized spacial score (nSPS) is 9.78. The Kier molecular flexibility index (Phi) is 16.3. The summed E-state index contributed by atoms with van der Waals surface area (Å²) in [6.07, 6.45) is 0. The van der Waals surface area contributed by atoms with Crippen molar-refractivity contribution in [2.24, 2.45) is 0 Å². The van der Waals surface area contributed by atoms with Gasteiger partial charge in [-0.3, -0.25) is 0 Å². The van der Waals surface area contributed by atoms with Crippen LogP contribution in [0.15, 0.2) is 60.7 Å². The molecule has 0 aromatic heterocycles. The van der Waals surface area contributed by atoms with Gasteiger partial charge < -0.3 is 49.0 Å². The van der Waals surface area contributed by atoms with E-state index in [1.165, 1.54) is 36.4 Å². The van der Waals surface area contributed by atoms with Crippen LogP contribution in [0.4, 0.5) is 0 Å². The number of hydrogen-bond donors (Lipinski definition) is 2. The number of aromatic hydroxyl groups is 2. The summed E-state index contributed by atoms with van der Waals surface area (Å²) < 4.78 is 20.8. The first-order valence-electron chi connectivity index (χ1n) is 10.8. The molecule has 0 saturated heterocycles. The molecule has 2 aromatic carbocycles. The molecule has 0 saturated carbocycles. The van der Waals surface area contributed by atoms with Crippen molar-refractivity contribution < 1.29 is 68.4 Å². The second kappa shape index (κ2) is 17.9. The third-order valence-corrected chi connectivity index (χ3v) is 4.11. The van der Waals surface area contributed by atoms with Crippen LogP contribution in [0, 0.1) is 0 Å². The summed E-state index contributed by atoms with van der Waals surface area (Å²) in [6.45, 7) is 13.0. The van der Waals surface area contributed by atoms with E-state index in [9.17, 15) is 30.0 Å². The molecule has 0 bridgehead atoms. The molecule has 11 heteroatoms. The molecule has 0 fully saturated rings.